The largest absolute Gasteiger partial charge is 0.375 e. The molecule has 88 valence electrons. The van der Waals surface area contributed by atoms with Crippen LogP contribution in [0.2, 0.25) is 0 Å². The van der Waals surface area contributed by atoms with Crippen molar-refractivity contribution in [2.45, 2.75) is 5.76 Å². The summed E-state index contributed by atoms with van der Waals surface area (Å²) in [5.41, 5.74) is -0.0701. The minimum absolute atomic E-state index is 0.0701. The molecular formula is C8H5F3O4S. The van der Waals surface area contributed by atoms with Gasteiger partial charge in [0, 0.05) is 5.56 Å². The van der Waals surface area contributed by atoms with Crippen LogP contribution in [0.25, 0.3) is 0 Å². The fourth-order valence-corrected chi connectivity index (χ4v) is 1.28. The molecule has 1 aromatic rings. The van der Waals surface area contributed by atoms with E-state index in [1.807, 2.05) is 0 Å². The molecule has 0 spiro atoms. The molecule has 0 atom stereocenters. The van der Waals surface area contributed by atoms with Gasteiger partial charge in [0.2, 0.25) is 0 Å². The van der Waals surface area contributed by atoms with Gasteiger partial charge in [0.05, 0.1) is 0 Å². The second kappa shape index (κ2) is 4.52. The van der Waals surface area contributed by atoms with Crippen LogP contribution in [0.15, 0.2) is 18.2 Å². The second-order valence-electron chi connectivity index (χ2n) is 2.64. The van der Waals surface area contributed by atoms with Crippen LogP contribution < -0.4 is 4.18 Å². The maximum Gasteiger partial charge on any atom is 0.373 e. The van der Waals surface area contributed by atoms with Crippen molar-refractivity contribution in [2.24, 2.45) is 0 Å². The Bertz CT molecular complexity index is 498. The summed E-state index contributed by atoms with van der Waals surface area (Å²) in [5.74, 6) is -5.86. The van der Waals surface area contributed by atoms with Crippen LogP contribution in [0, 0.1) is 5.82 Å². The van der Waals surface area contributed by atoms with Crippen LogP contribution in [0.1, 0.15) is 10.4 Å². The number of carbonyl (C=O) groups is 1. The minimum atomic E-state index is -5.15. The summed E-state index contributed by atoms with van der Waals surface area (Å²) in [7, 11) is -5.15. The number of aldehydes is 1. The van der Waals surface area contributed by atoms with Crippen molar-refractivity contribution in [1.82, 2.24) is 0 Å². The number of alkyl halides is 2. The topological polar surface area (TPSA) is 60.4 Å². The van der Waals surface area contributed by atoms with Crippen LogP contribution in [-0.2, 0) is 10.1 Å². The third-order valence-electron chi connectivity index (χ3n) is 1.52. The summed E-state index contributed by atoms with van der Waals surface area (Å²) < 4.78 is 61.8. The highest BCUT2D eigenvalue weighted by Crippen LogP contribution is 2.21. The highest BCUT2D eigenvalue weighted by molar-refractivity contribution is 7.87. The number of halogens is 3. The summed E-state index contributed by atoms with van der Waals surface area (Å²) >= 11 is 0. The van der Waals surface area contributed by atoms with E-state index in [-0.39, 0.29) is 5.56 Å². The molecule has 0 heterocycles. The van der Waals surface area contributed by atoms with Crippen LogP contribution >= 0.6 is 0 Å². The SMILES string of the molecule is O=Cc1ccc(OS(=O)(=O)C(F)F)c(F)c1. The van der Waals surface area contributed by atoms with Crippen molar-refractivity contribution in [1.29, 1.82) is 0 Å². The number of hydrogen-bond donors (Lipinski definition) is 0. The Morgan fingerprint density at radius 3 is 2.38 bits per heavy atom. The third-order valence-corrected chi connectivity index (χ3v) is 2.36. The van der Waals surface area contributed by atoms with E-state index < -0.39 is 27.4 Å². The second-order valence-corrected chi connectivity index (χ2v) is 4.15. The van der Waals surface area contributed by atoms with E-state index in [0.717, 1.165) is 12.1 Å². The normalized spacial score (nSPS) is 11.5. The molecule has 8 heteroatoms. The monoisotopic (exact) mass is 254 g/mol. The fraction of sp³-hybridized carbons (Fsp3) is 0.125. The van der Waals surface area contributed by atoms with Gasteiger partial charge in [0.15, 0.2) is 11.6 Å². The lowest BCUT2D eigenvalue weighted by Gasteiger charge is -2.06. The highest BCUT2D eigenvalue weighted by atomic mass is 32.2. The Morgan fingerprint density at radius 1 is 1.31 bits per heavy atom. The maximum absolute atomic E-state index is 13.0. The zero-order valence-corrected chi connectivity index (χ0v) is 8.38. The molecule has 0 saturated heterocycles. The van der Waals surface area contributed by atoms with E-state index in [9.17, 15) is 26.4 Å². The smallest absolute Gasteiger partial charge is 0.373 e. The molecule has 16 heavy (non-hydrogen) atoms. The molecule has 0 bridgehead atoms. The van der Waals surface area contributed by atoms with Gasteiger partial charge in [-0.25, -0.2) is 4.39 Å². The third kappa shape index (κ3) is 2.72. The van der Waals surface area contributed by atoms with E-state index in [0.29, 0.717) is 12.4 Å². The first kappa shape index (κ1) is 12.5. The quantitative estimate of drug-likeness (QED) is 0.604. The summed E-state index contributed by atoms with van der Waals surface area (Å²) in [6.45, 7) is 0. The average molecular weight is 254 g/mol. The van der Waals surface area contributed by atoms with Gasteiger partial charge in [0.25, 0.3) is 0 Å². The van der Waals surface area contributed by atoms with Crippen molar-refractivity contribution in [3.8, 4) is 5.75 Å². The first-order valence-corrected chi connectivity index (χ1v) is 5.30. The van der Waals surface area contributed by atoms with Gasteiger partial charge in [-0.05, 0) is 18.2 Å². The van der Waals surface area contributed by atoms with E-state index >= 15 is 0 Å². The lowest BCUT2D eigenvalue weighted by atomic mass is 10.2. The fourth-order valence-electron chi connectivity index (χ4n) is 0.819. The van der Waals surface area contributed by atoms with Gasteiger partial charge in [-0.2, -0.15) is 17.2 Å². The Balaban J connectivity index is 3.04. The molecule has 0 aliphatic rings. The minimum Gasteiger partial charge on any atom is -0.375 e. The van der Waals surface area contributed by atoms with E-state index in [4.69, 9.17) is 0 Å². The zero-order valence-electron chi connectivity index (χ0n) is 7.56. The summed E-state index contributed by atoms with van der Waals surface area (Å²) in [4.78, 5) is 10.2. The molecule has 0 N–H and O–H groups in total. The molecule has 0 radical (unpaired) electrons. The number of benzene rings is 1. The van der Waals surface area contributed by atoms with Crippen molar-refractivity contribution in [3.63, 3.8) is 0 Å². The Hall–Kier alpha value is -1.57. The standard InChI is InChI=1S/C8H5F3O4S/c9-6-3-5(4-12)1-2-7(6)15-16(13,14)8(10)11/h1-4,8H. The van der Waals surface area contributed by atoms with Crippen LogP contribution in [0.5, 0.6) is 5.75 Å². The Morgan fingerprint density at radius 2 is 1.94 bits per heavy atom. The molecule has 1 aromatic carbocycles. The van der Waals surface area contributed by atoms with Gasteiger partial charge in [0.1, 0.15) is 6.29 Å². The summed E-state index contributed by atoms with van der Waals surface area (Å²) in [6, 6.07) is 2.48. The first-order valence-electron chi connectivity index (χ1n) is 3.83. The van der Waals surface area contributed by atoms with Gasteiger partial charge >= 0.3 is 15.9 Å². The van der Waals surface area contributed by atoms with Crippen LogP contribution in [0.3, 0.4) is 0 Å². The van der Waals surface area contributed by atoms with Gasteiger partial charge < -0.3 is 4.18 Å². The molecule has 0 amide bonds. The lowest BCUT2D eigenvalue weighted by Crippen LogP contribution is -2.18. The first-order chi connectivity index (χ1) is 7.36. The number of hydrogen-bond acceptors (Lipinski definition) is 4. The molecule has 1 rings (SSSR count). The van der Waals surface area contributed by atoms with E-state index in [2.05, 4.69) is 4.18 Å². The van der Waals surface area contributed by atoms with Gasteiger partial charge in [-0.3, -0.25) is 4.79 Å². The van der Waals surface area contributed by atoms with E-state index in [1.54, 1.807) is 0 Å². The van der Waals surface area contributed by atoms with Crippen LogP contribution in [0.4, 0.5) is 13.2 Å². The molecule has 0 aliphatic heterocycles. The summed E-state index contributed by atoms with van der Waals surface area (Å²) in [5, 5.41) is 0. The molecule has 0 aliphatic carbocycles. The molecular weight excluding hydrogens is 249 g/mol. The number of rotatable bonds is 4. The predicted molar refractivity (Wildman–Crippen MR) is 47.3 cm³/mol. The van der Waals surface area contributed by atoms with Crippen molar-refractivity contribution in [3.05, 3.63) is 29.6 Å². The van der Waals surface area contributed by atoms with E-state index in [1.165, 1.54) is 0 Å². The molecule has 0 unspecified atom stereocenters. The predicted octanol–water partition coefficient (Wildman–Crippen LogP) is 1.57. The zero-order chi connectivity index (χ0) is 12.3. The van der Waals surface area contributed by atoms with Crippen molar-refractivity contribution in [2.75, 3.05) is 0 Å². The average Bonchev–Trinajstić information content (AvgIpc) is 2.20. The summed E-state index contributed by atoms with van der Waals surface area (Å²) in [6.07, 6.45) is 0.314. The molecule has 0 saturated carbocycles. The van der Waals surface area contributed by atoms with Crippen molar-refractivity contribution >= 4 is 16.4 Å². The lowest BCUT2D eigenvalue weighted by molar-refractivity contribution is 0.112. The molecule has 4 nitrogen and oxygen atoms in total. The number of carbonyl (C=O) groups excluding carboxylic acids is 1. The van der Waals surface area contributed by atoms with Crippen LogP contribution in [-0.4, -0.2) is 20.5 Å². The Kier molecular flexibility index (Phi) is 3.53. The van der Waals surface area contributed by atoms with Crippen molar-refractivity contribution < 1.29 is 30.6 Å². The Labute approximate surface area is 88.8 Å². The molecule has 0 aromatic heterocycles. The highest BCUT2D eigenvalue weighted by Gasteiger charge is 2.27. The van der Waals surface area contributed by atoms with Gasteiger partial charge in [-0.1, -0.05) is 0 Å². The molecule has 0 fully saturated rings. The maximum atomic E-state index is 13.0. The van der Waals surface area contributed by atoms with Gasteiger partial charge in [-0.15, -0.1) is 0 Å².